The molecule has 3 rings (SSSR count). The Hall–Kier alpha value is -3.40. The summed E-state index contributed by atoms with van der Waals surface area (Å²) >= 11 is 0. The number of nitrogen functional groups attached to an aromatic ring is 1. The number of methoxy groups -OCH3 is 1. The SMILES string of the molecule is COCCOc1nc(N)c2nc(OC(=O)OCC(C)C)n(Cc3ccccc3)c2n1. The molecule has 0 spiro atoms. The molecule has 0 fully saturated rings. The summed E-state index contributed by atoms with van der Waals surface area (Å²) in [6, 6.07) is 9.71. The van der Waals surface area contributed by atoms with Gasteiger partial charge in [-0.3, -0.25) is 4.57 Å². The lowest BCUT2D eigenvalue weighted by molar-refractivity contribution is 0.0845. The third kappa shape index (κ3) is 5.35. The van der Waals surface area contributed by atoms with Gasteiger partial charge in [0.05, 0.1) is 19.8 Å². The molecule has 0 unspecified atom stereocenters. The number of fused-ring (bicyclic) bond motifs is 1. The van der Waals surface area contributed by atoms with Crippen molar-refractivity contribution >= 4 is 23.1 Å². The highest BCUT2D eigenvalue weighted by Crippen LogP contribution is 2.27. The maximum absolute atomic E-state index is 12.1. The van der Waals surface area contributed by atoms with Crippen molar-refractivity contribution in [2.75, 3.05) is 32.7 Å². The van der Waals surface area contributed by atoms with Crippen LogP contribution in [-0.2, 0) is 16.0 Å². The Bertz CT molecular complexity index is 990. The van der Waals surface area contributed by atoms with Crippen molar-refractivity contribution in [2.24, 2.45) is 5.92 Å². The van der Waals surface area contributed by atoms with Crippen molar-refractivity contribution in [3.8, 4) is 12.0 Å². The Morgan fingerprint density at radius 1 is 1.13 bits per heavy atom. The van der Waals surface area contributed by atoms with Gasteiger partial charge in [-0.15, -0.1) is 0 Å². The lowest BCUT2D eigenvalue weighted by Crippen LogP contribution is -2.17. The molecule has 0 bridgehead atoms. The summed E-state index contributed by atoms with van der Waals surface area (Å²) < 4.78 is 22.6. The van der Waals surface area contributed by atoms with Gasteiger partial charge in [-0.1, -0.05) is 44.2 Å². The number of aromatic nitrogens is 4. The number of carbonyl (C=O) groups is 1. The number of hydrogen-bond acceptors (Lipinski definition) is 9. The first-order chi connectivity index (χ1) is 14.5. The van der Waals surface area contributed by atoms with Crippen LogP contribution in [0.1, 0.15) is 19.4 Å². The third-order valence-electron chi connectivity index (χ3n) is 3.98. The van der Waals surface area contributed by atoms with Crippen LogP contribution in [0.4, 0.5) is 10.6 Å². The molecule has 2 aromatic heterocycles. The quantitative estimate of drug-likeness (QED) is 0.415. The topological polar surface area (TPSA) is 124 Å². The molecular formula is C20H25N5O5. The highest BCUT2D eigenvalue weighted by Gasteiger charge is 2.21. The van der Waals surface area contributed by atoms with Crippen LogP contribution in [0.5, 0.6) is 12.0 Å². The molecule has 1 aromatic carbocycles. The molecule has 0 aliphatic carbocycles. The second-order valence-electron chi connectivity index (χ2n) is 6.93. The zero-order valence-corrected chi connectivity index (χ0v) is 17.2. The fourth-order valence-corrected chi connectivity index (χ4v) is 2.59. The standard InChI is InChI=1S/C20H25N5O5/c1-13(2)12-29-20(26)30-19-22-15-16(21)23-18(28-10-9-27-3)24-17(15)25(19)11-14-7-5-4-6-8-14/h4-8,13H,9-12H2,1-3H3,(H2,21,23,24). The van der Waals surface area contributed by atoms with Crippen LogP contribution in [0, 0.1) is 5.92 Å². The van der Waals surface area contributed by atoms with E-state index in [0.717, 1.165) is 5.56 Å². The molecule has 160 valence electrons. The molecule has 30 heavy (non-hydrogen) atoms. The Morgan fingerprint density at radius 2 is 1.90 bits per heavy atom. The summed E-state index contributed by atoms with van der Waals surface area (Å²) in [6.07, 6.45) is -0.851. The Balaban J connectivity index is 1.97. The van der Waals surface area contributed by atoms with Crippen molar-refractivity contribution in [3.05, 3.63) is 35.9 Å². The fraction of sp³-hybridized carbons (Fsp3) is 0.400. The molecule has 3 aromatic rings. The smallest absolute Gasteiger partial charge is 0.461 e. The minimum atomic E-state index is -0.851. The number of ether oxygens (including phenoxy) is 4. The molecule has 0 radical (unpaired) electrons. The Labute approximate surface area is 173 Å². The summed E-state index contributed by atoms with van der Waals surface area (Å²) in [5, 5.41) is 0. The van der Waals surface area contributed by atoms with Gasteiger partial charge < -0.3 is 24.7 Å². The van der Waals surface area contributed by atoms with E-state index in [4.69, 9.17) is 24.7 Å². The number of benzene rings is 1. The van der Waals surface area contributed by atoms with Crippen molar-refractivity contribution in [1.82, 2.24) is 19.5 Å². The van der Waals surface area contributed by atoms with Gasteiger partial charge in [0.15, 0.2) is 17.0 Å². The van der Waals surface area contributed by atoms with Crippen LogP contribution in [0.2, 0.25) is 0 Å². The Kier molecular flexibility index (Phi) is 7.02. The molecule has 2 heterocycles. The van der Waals surface area contributed by atoms with E-state index in [9.17, 15) is 4.79 Å². The molecule has 10 heteroatoms. The molecule has 0 atom stereocenters. The first-order valence-electron chi connectivity index (χ1n) is 9.52. The third-order valence-corrected chi connectivity index (χ3v) is 3.98. The number of carbonyl (C=O) groups excluding carboxylic acids is 1. The summed E-state index contributed by atoms with van der Waals surface area (Å²) in [4.78, 5) is 25.0. The summed E-state index contributed by atoms with van der Waals surface area (Å²) in [5.74, 6) is 0.286. The van der Waals surface area contributed by atoms with Gasteiger partial charge in [0.2, 0.25) is 0 Å². The Morgan fingerprint density at radius 3 is 2.60 bits per heavy atom. The normalized spacial score (nSPS) is 11.1. The number of nitrogens with two attached hydrogens (primary N) is 1. The summed E-state index contributed by atoms with van der Waals surface area (Å²) in [6.45, 7) is 5.08. The van der Waals surface area contributed by atoms with E-state index >= 15 is 0 Å². The van der Waals surface area contributed by atoms with E-state index in [1.54, 1.807) is 11.7 Å². The van der Waals surface area contributed by atoms with Gasteiger partial charge >= 0.3 is 18.2 Å². The van der Waals surface area contributed by atoms with Crippen LogP contribution in [0.3, 0.4) is 0 Å². The van der Waals surface area contributed by atoms with Crippen LogP contribution in [-0.4, -0.2) is 52.6 Å². The number of hydrogen-bond donors (Lipinski definition) is 1. The predicted octanol–water partition coefficient (Wildman–Crippen LogP) is 2.65. The molecule has 0 amide bonds. The second kappa shape index (κ2) is 9.88. The summed E-state index contributed by atoms with van der Waals surface area (Å²) in [5.41, 5.74) is 7.69. The predicted molar refractivity (Wildman–Crippen MR) is 109 cm³/mol. The van der Waals surface area contributed by atoms with E-state index in [0.29, 0.717) is 24.3 Å². The average molecular weight is 415 g/mol. The van der Waals surface area contributed by atoms with E-state index < -0.39 is 6.16 Å². The fourth-order valence-electron chi connectivity index (χ4n) is 2.59. The maximum Gasteiger partial charge on any atom is 0.516 e. The minimum Gasteiger partial charge on any atom is -0.461 e. The molecule has 0 saturated heterocycles. The maximum atomic E-state index is 12.1. The lowest BCUT2D eigenvalue weighted by atomic mass is 10.2. The van der Waals surface area contributed by atoms with Gasteiger partial charge in [-0.2, -0.15) is 15.0 Å². The van der Waals surface area contributed by atoms with Gasteiger partial charge in [0.25, 0.3) is 0 Å². The second-order valence-corrected chi connectivity index (χ2v) is 6.93. The summed E-state index contributed by atoms with van der Waals surface area (Å²) in [7, 11) is 1.57. The minimum absolute atomic E-state index is 0.0117. The van der Waals surface area contributed by atoms with E-state index in [2.05, 4.69) is 15.0 Å². The molecule has 0 aliphatic rings. The zero-order chi connectivity index (χ0) is 21.5. The highest BCUT2D eigenvalue weighted by molar-refractivity contribution is 5.83. The van der Waals surface area contributed by atoms with Gasteiger partial charge in [-0.05, 0) is 11.5 Å². The number of anilines is 1. The van der Waals surface area contributed by atoms with Crippen molar-refractivity contribution in [1.29, 1.82) is 0 Å². The number of imidazole rings is 1. The van der Waals surface area contributed by atoms with E-state index in [1.807, 2.05) is 44.2 Å². The average Bonchev–Trinajstić information content (AvgIpc) is 3.05. The number of nitrogens with zero attached hydrogens (tertiary/aromatic N) is 4. The van der Waals surface area contributed by atoms with Gasteiger partial charge in [-0.25, -0.2) is 4.79 Å². The molecule has 0 saturated carbocycles. The lowest BCUT2D eigenvalue weighted by Gasteiger charge is -2.10. The first kappa shape index (κ1) is 21.3. The molecule has 10 nitrogen and oxygen atoms in total. The van der Waals surface area contributed by atoms with E-state index in [1.165, 1.54) is 0 Å². The van der Waals surface area contributed by atoms with Gasteiger partial charge in [0, 0.05) is 7.11 Å². The highest BCUT2D eigenvalue weighted by atomic mass is 16.7. The largest absolute Gasteiger partial charge is 0.516 e. The molecule has 0 aliphatic heterocycles. The van der Waals surface area contributed by atoms with Crippen LogP contribution < -0.4 is 15.2 Å². The van der Waals surface area contributed by atoms with Crippen LogP contribution >= 0.6 is 0 Å². The molecular weight excluding hydrogens is 390 g/mol. The van der Waals surface area contributed by atoms with Crippen molar-refractivity contribution < 1.29 is 23.7 Å². The van der Waals surface area contributed by atoms with E-state index in [-0.39, 0.29) is 37.0 Å². The van der Waals surface area contributed by atoms with Crippen LogP contribution in [0.15, 0.2) is 30.3 Å². The van der Waals surface area contributed by atoms with Crippen molar-refractivity contribution in [2.45, 2.75) is 20.4 Å². The van der Waals surface area contributed by atoms with Crippen LogP contribution in [0.25, 0.3) is 11.2 Å². The monoisotopic (exact) mass is 415 g/mol. The number of rotatable bonds is 9. The molecule has 2 N–H and O–H groups in total. The van der Waals surface area contributed by atoms with Crippen molar-refractivity contribution in [3.63, 3.8) is 0 Å². The zero-order valence-electron chi connectivity index (χ0n) is 17.2. The van der Waals surface area contributed by atoms with Gasteiger partial charge in [0.1, 0.15) is 6.61 Å². The first-order valence-corrected chi connectivity index (χ1v) is 9.52.